The molecule has 2 N–H and O–H groups in total. The standard InChI is InChI=1S/C25H22N4O3S/c1-32-14-13-29-24(31)23-22(18-10-4-5-11-20(18)27-23)28-25(29)33-15-21(30)26-19-12-6-8-16-7-2-3-9-17(16)19/h2-12,27H,13-15H2,1H3,(H,26,30). The number of aromatic nitrogens is 3. The normalized spacial score (nSPS) is 11.4. The number of benzene rings is 3. The Morgan fingerprint density at radius 1 is 1.06 bits per heavy atom. The summed E-state index contributed by atoms with van der Waals surface area (Å²) in [5.41, 5.74) is 2.50. The van der Waals surface area contributed by atoms with Crippen LogP contribution in [0.1, 0.15) is 0 Å². The molecule has 0 spiro atoms. The summed E-state index contributed by atoms with van der Waals surface area (Å²) in [5, 5.41) is 6.40. The molecule has 7 nitrogen and oxygen atoms in total. The number of carbonyl (C=O) groups excluding carboxylic acids is 1. The molecule has 0 fully saturated rings. The fourth-order valence-electron chi connectivity index (χ4n) is 3.92. The van der Waals surface area contributed by atoms with Gasteiger partial charge in [-0.1, -0.05) is 66.4 Å². The fourth-order valence-corrected chi connectivity index (χ4v) is 4.73. The van der Waals surface area contributed by atoms with Crippen molar-refractivity contribution in [3.63, 3.8) is 0 Å². The predicted octanol–water partition coefficient (Wildman–Crippen LogP) is 4.41. The van der Waals surface area contributed by atoms with Crippen LogP contribution < -0.4 is 10.9 Å². The number of anilines is 1. The maximum Gasteiger partial charge on any atom is 0.278 e. The van der Waals surface area contributed by atoms with Crippen molar-refractivity contribution in [2.24, 2.45) is 0 Å². The number of para-hydroxylation sites is 1. The van der Waals surface area contributed by atoms with Gasteiger partial charge in [0, 0.05) is 29.1 Å². The highest BCUT2D eigenvalue weighted by Crippen LogP contribution is 2.26. The number of hydrogen-bond donors (Lipinski definition) is 2. The molecular formula is C25H22N4O3S. The van der Waals surface area contributed by atoms with Crippen molar-refractivity contribution >= 4 is 56.1 Å². The molecule has 5 rings (SSSR count). The van der Waals surface area contributed by atoms with Gasteiger partial charge in [-0.2, -0.15) is 0 Å². The summed E-state index contributed by atoms with van der Waals surface area (Å²) in [6.07, 6.45) is 0. The molecule has 0 aliphatic carbocycles. The van der Waals surface area contributed by atoms with Crippen molar-refractivity contribution in [1.82, 2.24) is 14.5 Å². The molecule has 166 valence electrons. The van der Waals surface area contributed by atoms with Crippen LogP contribution in [0.15, 0.2) is 76.7 Å². The lowest BCUT2D eigenvalue weighted by atomic mass is 10.1. The molecule has 8 heteroatoms. The Kier molecular flexibility index (Phi) is 5.85. The molecule has 5 aromatic rings. The van der Waals surface area contributed by atoms with Gasteiger partial charge in [-0.15, -0.1) is 0 Å². The second-order valence-corrected chi connectivity index (χ2v) is 8.54. The number of nitrogens with zero attached hydrogens (tertiary/aromatic N) is 2. The number of hydrogen-bond acceptors (Lipinski definition) is 5. The molecule has 0 atom stereocenters. The van der Waals surface area contributed by atoms with E-state index in [2.05, 4.69) is 10.3 Å². The van der Waals surface area contributed by atoms with Crippen LogP contribution in [0.2, 0.25) is 0 Å². The first-order chi connectivity index (χ1) is 16.2. The summed E-state index contributed by atoms with van der Waals surface area (Å²) in [6, 6.07) is 21.4. The van der Waals surface area contributed by atoms with E-state index in [1.54, 1.807) is 11.7 Å². The van der Waals surface area contributed by atoms with Gasteiger partial charge in [0.1, 0.15) is 11.0 Å². The summed E-state index contributed by atoms with van der Waals surface area (Å²) in [5.74, 6) is -0.0424. The molecule has 3 aromatic carbocycles. The molecule has 33 heavy (non-hydrogen) atoms. The van der Waals surface area contributed by atoms with E-state index in [0.717, 1.165) is 27.4 Å². The minimum atomic E-state index is -0.176. The van der Waals surface area contributed by atoms with Crippen LogP contribution in [0.3, 0.4) is 0 Å². The van der Waals surface area contributed by atoms with Gasteiger partial charge in [-0.05, 0) is 17.5 Å². The number of rotatable bonds is 7. The predicted molar refractivity (Wildman–Crippen MR) is 133 cm³/mol. The number of nitrogens with one attached hydrogen (secondary N) is 2. The van der Waals surface area contributed by atoms with E-state index >= 15 is 0 Å². The van der Waals surface area contributed by atoms with Crippen LogP contribution in [-0.2, 0) is 16.1 Å². The molecular weight excluding hydrogens is 436 g/mol. The van der Waals surface area contributed by atoms with E-state index in [-0.39, 0.29) is 17.2 Å². The third-order valence-electron chi connectivity index (χ3n) is 5.49. The van der Waals surface area contributed by atoms with Gasteiger partial charge in [-0.3, -0.25) is 14.2 Å². The van der Waals surface area contributed by atoms with Crippen molar-refractivity contribution in [2.75, 3.05) is 24.8 Å². The second-order valence-electron chi connectivity index (χ2n) is 7.60. The largest absolute Gasteiger partial charge is 0.383 e. The Labute approximate surface area is 193 Å². The van der Waals surface area contributed by atoms with Gasteiger partial charge in [0.25, 0.3) is 5.56 Å². The van der Waals surface area contributed by atoms with Crippen LogP contribution >= 0.6 is 11.8 Å². The van der Waals surface area contributed by atoms with E-state index in [1.807, 2.05) is 66.7 Å². The Hall–Kier alpha value is -3.62. The maximum atomic E-state index is 13.2. The van der Waals surface area contributed by atoms with Gasteiger partial charge in [0.15, 0.2) is 5.16 Å². The number of aromatic amines is 1. The SMILES string of the molecule is COCCn1c(SCC(=O)Nc2cccc3ccccc23)nc2c([nH]c3ccccc32)c1=O. The van der Waals surface area contributed by atoms with E-state index in [4.69, 9.17) is 9.72 Å². The average molecular weight is 459 g/mol. The van der Waals surface area contributed by atoms with E-state index in [1.165, 1.54) is 11.8 Å². The van der Waals surface area contributed by atoms with Crippen molar-refractivity contribution in [3.8, 4) is 0 Å². The third-order valence-corrected chi connectivity index (χ3v) is 6.47. The lowest BCUT2D eigenvalue weighted by molar-refractivity contribution is -0.113. The summed E-state index contributed by atoms with van der Waals surface area (Å²) >= 11 is 1.24. The highest BCUT2D eigenvalue weighted by atomic mass is 32.2. The summed E-state index contributed by atoms with van der Waals surface area (Å²) in [6.45, 7) is 0.712. The maximum absolute atomic E-state index is 13.2. The van der Waals surface area contributed by atoms with Gasteiger partial charge in [-0.25, -0.2) is 4.98 Å². The molecule has 0 bridgehead atoms. The van der Waals surface area contributed by atoms with Crippen molar-refractivity contribution in [1.29, 1.82) is 0 Å². The third kappa shape index (κ3) is 4.10. The first-order valence-corrected chi connectivity index (χ1v) is 11.5. The Morgan fingerprint density at radius 3 is 2.67 bits per heavy atom. The molecule has 0 saturated heterocycles. The number of methoxy groups -OCH3 is 1. The Bertz CT molecular complexity index is 1530. The van der Waals surface area contributed by atoms with Crippen LogP contribution in [0.4, 0.5) is 5.69 Å². The van der Waals surface area contributed by atoms with Crippen molar-refractivity contribution < 1.29 is 9.53 Å². The number of thioether (sulfide) groups is 1. The summed E-state index contributed by atoms with van der Waals surface area (Å²) < 4.78 is 6.75. The first kappa shape index (κ1) is 21.2. The lowest BCUT2D eigenvalue weighted by Crippen LogP contribution is -2.26. The van der Waals surface area contributed by atoms with Crippen molar-refractivity contribution in [3.05, 3.63) is 77.1 Å². The molecule has 0 aliphatic heterocycles. The Morgan fingerprint density at radius 2 is 1.82 bits per heavy atom. The number of amides is 1. The van der Waals surface area contributed by atoms with Gasteiger partial charge < -0.3 is 15.0 Å². The van der Waals surface area contributed by atoms with E-state index in [9.17, 15) is 9.59 Å². The van der Waals surface area contributed by atoms with Crippen LogP contribution in [0.25, 0.3) is 32.7 Å². The molecule has 1 amide bonds. The second kappa shape index (κ2) is 9.09. The first-order valence-electron chi connectivity index (χ1n) is 10.6. The summed E-state index contributed by atoms with van der Waals surface area (Å²) in [7, 11) is 1.59. The van der Waals surface area contributed by atoms with Gasteiger partial charge >= 0.3 is 0 Å². The molecule has 0 aliphatic rings. The zero-order valence-corrected chi connectivity index (χ0v) is 18.8. The minimum absolute atomic E-state index is 0.122. The summed E-state index contributed by atoms with van der Waals surface area (Å²) in [4.78, 5) is 34.0. The van der Waals surface area contributed by atoms with Crippen LogP contribution in [0.5, 0.6) is 0 Å². The highest BCUT2D eigenvalue weighted by Gasteiger charge is 2.17. The molecule has 0 saturated carbocycles. The molecule has 2 heterocycles. The van der Waals surface area contributed by atoms with Gasteiger partial charge in [0.05, 0.1) is 18.9 Å². The fraction of sp³-hybridized carbons (Fsp3) is 0.160. The number of ether oxygens (including phenoxy) is 1. The monoisotopic (exact) mass is 458 g/mol. The quantitative estimate of drug-likeness (QED) is 0.279. The highest BCUT2D eigenvalue weighted by molar-refractivity contribution is 7.99. The van der Waals surface area contributed by atoms with Crippen molar-refractivity contribution in [2.45, 2.75) is 11.7 Å². The average Bonchev–Trinajstić information content (AvgIpc) is 3.21. The minimum Gasteiger partial charge on any atom is -0.383 e. The van der Waals surface area contributed by atoms with Crippen LogP contribution in [0, 0.1) is 0 Å². The zero-order valence-electron chi connectivity index (χ0n) is 18.0. The smallest absolute Gasteiger partial charge is 0.278 e. The van der Waals surface area contributed by atoms with Gasteiger partial charge in [0.2, 0.25) is 5.91 Å². The number of carbonyl (C=O) groups is 1. The topological polar surface area (TPSA) is 89.0 Å². The van der Waals surface area contributed by atoms with E-state index in [0.29, 0.717) is 29.3 Å². The van der Waals surface area contributed by atoms with E-state index < -0.39 is 0 Å². The molecule has 0 radical (unpaired) electrons. The Balaban J connectivity index is 1.45. The number of fused-ring (bicyclic) bond motifs is 4. The molecule has 0 unspecified atom stereocenters. The zero-order chi connectivity index (χ0) is 22.8. The lowest BCUT2D eigenvalue weighted by Gasteiger charge is -2.12. The number of H-pyrrole nitrogens is 1. The van der Waals surface area contributed by atoms with Crippen LogP contribution in [-0.4, -0.2) is 39.9 Å². The molecule has 2 aromatic heterocycles.